The minimum absolute atomic E-state index is 0.595. The first-order valence-corrected chi connectivity index (χ1v) is 6.21. The van der Waals surface area contributed by atoms with Crippen LogP contribution in [0.25, 0.3) is 0 Å². The summed E-state index contributed by atoms with van der Waals surface area (Å²) in [6, 6.07) is 10.0. The van der Waals surface area contributed by atoms with Gasteiger partial charge in [0.05, 0.1) is 0 Å². The second-order valence-corrected chi connectivity index (χ2v) is 4.38. The molecule has 0 spiro atoms. The van der Waals surface area contributed by atoms with Crippen LogP contribution in [0.3, 0.4) is 0 Å². The molecule has 2 aromatic rings. The lowest BCUT2D eigenvalue weighted by molar-refractivity contribution is 1.09. The van der Waals surface area contributed by atoms with Gasteiger partial charge in [-0.3, -0.25) is 0 Å². The van der Waals surface area contributed by atoms with Gasteiger partial charge in [0, 0.05) is 24.0 Å². The van der Waals surface area contributed by atoms with Gasteiger partial charge < -0.3 is 10.6 Å². The largest absolute Gasteiger partial charge is 0.366 e. The average Bonchev–Trinajstić information content (AvgIpc) is 2.35. The molecule has 0 bridgehead atoms. The number of anilines is 3. The van der Waals surface area contributed by atoms with Crippen LogP contribution >= 0.6 is 0 Å². The highest BCUT2D eigenvalue weighted by Gasteiger charge is 2.02. The van der Waals surface area contributed by atoms with Crippen LogP contribution in [0.1, 0.15) is 11.3 Å². The molecule has 0 aliphatic heterocycles. The number of hydrogen-bond donors (Lipinski definition) is 2. The van der Waals surface area contributed by atoms with Crippen molar-refractivity contribution in [3.8, 4) is 0 Å². The summed E-state index contributed by atoms with van der Waals surface area (Å²) < 4.78 is 0. The minimum atomic E-state index is 0.595. The third kappa shape index (κ3) is 3.81. The van der Waals surface area contributed by atoms with Crippen molar-refractivity contribution in [3.05, 3.63) is 54.2 Å². The first-order valence-electron chi connectivity index (χ1n) is 6.21. The Morgan fingerprint density at radius 3 is 2.79 bits per heavy atom. The number of nitrogens with zero attached hydrogens (tertiary/aromatic N) is 2. The standard InChI is InChI=1S/C15H18N4/c1-4-8-16-14-10-12(3)17-15(19-14)18-13-7-5-6-11(2)9-13/h4-7,9-10H,1,8H2,2-3H3,(H2,16,17,18,19). The molecule has 98 valence electrons. The van der Waals surface area contributed by atoms with Crippen molar-refractivity contribution in [2.45, 2.75) is 13.8 Å². The molecular formula is C15H18N4. The summed E-state index contributed by atoms with van der Waals surface area (Å²) in [5.74, 6) is 1.39. The highest BCUT2D eigenvalue weighted by molar-refractivity contribution is 5.56. The smallest absolute Gasteiger partial charge is 0.229 e. The molecule has 0 saturated carbocycles. The molecule has 0 fully saturated rings. The predicted octanol–water partition coefficient (Wildman–Crippen LogP) is 3.43. The molecule has 2 rings (SSSR count). The van der Waals surface area contributed by atoms with E-state index >= 15 is 0 Å². The number of benzene rings is 1. The van der Waals surface area contributed by atoms with Crippen LogP contribution in [0.4, 0.5) is 17.5 Å². The van der Waals surface area contributed by atoms with Gasteiger partial charge in [0.25, 0.3) is 0 Å². The highest BCUT2D eigenvalue weighted by Crippen LogP contribution is 2.16. The summed E-state index contributed by atoms with van der Waals surface area (Å²) in [6.07, 6.45) is 1.80. The number of rotatable bonds is 5. The molecule has 0 amide bonds. The van der Waals surface area contributed by atoms with Crippen LogP contribution in [0.5, 0.6) is 0 Å². The van der Waals surface area contributed by atoms with E-state index in [4.69, 9.17) is 0 Å². The zero-order valence-corrected chi connectivity index (χ0v) is 11.3. The molecule has 1 heterocycles. The molecule has 0 aliphatic carbocycles. The monoisotopic (exact) mass is 254 g/mol. The average molecular weight is 254 g/mol. The zero-order valence-electron chi connectivity index (χ0n) is 11.3. The van der Waals surface area contributed by atoms with E-state index < -0.39 is 0 Å². The molecule has 0 radical (unpaired) electrons. The lowest BCUT2D eigenvalue weighted by atomic mass is 10.2. The molecule has 19 heavy (non-hydrogen) atoms. The minimum Gasteiger partial charge on any atom is -0.366 e. The van der Waals surface area contributed by atoms with Crippen molar-refractivity contribution < 1.29 is 0 Å². The lowest BCUT2D eigenvalue weighted by Crippen LogP contribution is -2.05. The SMILES string of the molecule is C=CCNc1cc(C)nc(Nc2cccc(C)c2)n1. The second kappa shape index (κ2) is 6.00. The van der Waals surface area contributed by atoms with Crippen LogP contribution < -0.4 is 10.6 Å². The molecule has 0 unspecified atom stereocenters. The van der Waals surface area contributed by atoms with Crippen molar-refractivity contribution in [2.75, 3.05) is 17.2 Å². The lowest BCUT2D eigenvalue weighted by Gasteiger charge is -2.09. The maximum Gasteiger partial charge on any atom is 0.229 e. The fraction of sp³-hybridized carbons (Fsp3) is 0.200. The first-order chi connectivity index (χ1) is 9.17. The van der Waals surface area contributed by atoms with Gasteiger partial charge in [-0.05, 0) is 31.5 Å². The molecule has 2 N–H and O–H groups in total. The van der Waals surface area contributed by atoms with E-state index in [1.165, 1.54) is 5.56 Å². The van der Waals surface area contributed by atoms with E-state index in [0.29, 0.717) is 12.5 Å². The van der Waals surface area contributed by atoms with E-state index in [2.05, 4.69) is 46.2 Å². The predicted molar refractivity (Wildman–Crippen MR) is 79.9 cm³/mol. The summed E-state index contributed by atoms with van der Waals surface area (Å²) in [6.45, 7) is 8.36. The fourth-order valence-electron chi connectivity index (χ4n) is 1.74. The normalized spacial score (nSPS) is 10.0. The Labute approximate surface area is 113 Å². The first kappa shape index (κ1) is 13.1. The van der Waals surface area contributed by atoms with E-state index in [0.717, 1.165) is 17.2 Å². The Morgan fingerprint density at radius 2 is 2.05 bits per heavy atom. The second-order valence-electron chi connectivity index (χ2n) is 4.38. The maximum atomic E-state index is 4.41. The van der Waals surface area contributed by atoms with Crippen LogP contribution in [0, 0.1) is 13.8 Å². The third-order valence-electron chi connectivity index (χ3n) is 2.56. The van der Waals surface area contributed by atoms with Gasteiger partial charge in [0.15, 0.2) is 0 Å². The van der Waals surface area contributed by atoms with Gasteiger partial charge >= 0.3 is 0 Å². The van der Waals surface area contributed by atoms with E-state index in [1.807, 2.05) is 25.1 Å². The van der Waals surface area contributed by atoms with Crippen molar-refractivity contribution in [1.82, 2.24) is 9.97 Å². The van der Waals surface area contributed by atoms with Crippen LogP contribution in [0.15, 0.2) is 43.0 Å². The summed E-state index contributed by atoms with van der Waals surface area (Å²) in [5, 5.41) is 6.38. The Hall–Kier alpha value is -2.36. The number of nitrogens with one attached hydrogen (secondary N) is 2. The van der Waals surface area contributed by atoms with E-state index in [1.54, 1.807) is 6.08 Å². The summed E-state index contributed by atoms with van der Waals surface area (Å²) in [4.78, 5) is 8.79. The highest BCUT2D eigenvalue weighted by atomic mass is 15.1. The Morgan fingerprint density at radius 1 is 1.21 bits per heavy atom. The van der Waals surface area contributed by atoms with Gasteiger partial charge in [-0.2, -0.15) is 4.98 Å². The summed E-state index contributed by atoms with van der Waals surface area (Å²) >= 11 is 0. The van der Waals surface area contributed by atoms with Crippen molar-refractivity contribution >= 4 is 17.5 Å². The molecule has 4 nitrogen and oxygen atoms in total. The Kier molecular flexibility index (Phi) is 4.13. The quantitative estimate of drug-likeness (QED) is 0.802. The van der Waals surface area contributed by atoms with Gasteiger partial charge in [-0.1, -0.05) is 18.2 Å². The molecule has 0 saturated heterocycles. The Balaban J connectivity index is 2.19. The van der Waals surface area contributed by atoms with Crippen molar-refractivity contribution in [3.63, 3.8) is 0 Å². The summed E-state index contributed by atoms with van der Waals surface area (Å²) in [7, 11) is 0. The van der Waals surface area contributed by atoms with Crippen LogP contribution in [-0.4, -0.2) is 16.5 Å². The number of aryl methyl sites for hydroxylation is 2. The molecular weight excluding hydrogens is 236 g/mol. The number of hydrogen-bond acceptors (Lipinski definition) is 4. The summed E-state index contributed by atoms with van der Waals surface area (Å²) in [5.41, 5.74) is 3.10. The molecule has 1 aromatic heterocycles. The molecule has 1 aromatic carbocycles. The van der Waals surface area contributed by atoms with Crippen molar-refractivity contribution in [1.29, 1.82) is 0 Å². The van der Waals surface area contributed by atoms with Gasteiger partial charge in [-0.15, -0.1) is 6.58 Å². The van der Waals surface area contributed by atoms with Gasteiger partial charge in [0.2, 0.25) is 5.95 Å². The van der Waals surface area contributed by atoms with Crippen LogP contribution in [0.2, 0.25) is 0 Å². The van der Waals surface area contributed by atoms with Crippen LogP contribution in [-0.2, 0) is 0 Å². The maximum absolute atomic E-state index is 4.41. The molecule has 4 heteroatoms. The topological polar surface area (TPSA) is 49.8 Å². The fourth-order valence-corrected chi connectivity index (χ4v) is 1.74. The number of aromatic nitrogens is 2. The van der Waals surface area contributed by atoms with Crippen molar-refractivity contribution in [2.24, 2.45) is 0 Å². The van der Waals surface area contributed by atoms with Gasteiger partial charge in [-0.25, -0.2) is 4.98 Å². The Bertz CT molecular complexity index is 578. The third-order valence-corrected chi connectivity index (χ3v) is 2.56. The van der Waals surface area contributed by atoms with E-state index in [-0.39, 0.29) is 0 Å². The molecule has 0 atom stereocenters. The van der Waals surface area contributed by atoms with Gasteiger partial charge in [0.1, 0.15) is 5.82 Å². The molecule has 0 aliphatic rings. The van der Waals surface area contributed by atoms with E-state index in [9.17, 15) is 0 Å². The zero-order chi connectivity index (χ0) is 13.7.